The number of sulfone groups is 1. The van der Waals surface area contributed by atoms with Crippen molar-refractivity contribution in [1.82, 2.24) is 10.1 Å². The minimum atomic E-state index is -3.38. The Kier molecular flexibility index (Phi) is 4.94. The summed E-state index contributed by atoms with van der Waals surface area (Å²) in [6.07, 6.45) is 2.70. The van der Waals surface area contributed by atoms with E-state index < -0.39 is 9.84 Å². The lowest BCUT2D eigenvalue weighted by molar-refractivity contribution is 0.382. The maximum Gasteiger partial charge on any atom is 0.241 e. The smallest absolute Gasteiger partial charge is 0.241 e. The van der Waals surface area contributed by atoms with Gasteiger partial charge < -0.3 is 4.52 Å². The third kappa shape index (κ3) is 4.00. The van der Waals surface area contributed by atoms with Crippen LogP contribution in [0, 0.1) is 0 Å². The summed E-state index contributed by atoms with van der Waals surface area (Å²) in [5, 5.41) is 5.83. The van der Waals surface area contributed by atoms with E-state index in [0.29, 0.717) is 12.2 Å². The van der Waals surface area contributed by atoms with Gasteiger partial charge >= 0.3 is 0 Å². The van der Waals surface area contributed by atoms with E-state index in [1.165, 1.54) is 0 Å². The van der Waals surface area contributed by atoms with Crippen molar-refractivity contribution in [3.63, 3.8) is 0 Å². The lowest BCUT2D eigenvalue weighted by Crippen LogP contribution is -2.08. The van der Waals surface area contributed by atoms with E-state index in [1.807, 2.05) is 42.5 Å². The van der Waals surface area contributed by atoms with Crippen molar-refractivity contribution in [2.45, 2.75) is 37.7 Å². The first-order valence-corrected chi connectivity index (χ1v) is 9.88. The Balaban J connectivity index is 1.77. The van der Waals surface area contributed by atoms with Crippen LogP contribution in [-0.4, -0.2) is 18.6 Å². The standard InChI is InChI=1S/C18H20N2O3S/c1-2-3-11-17-19-18(23-20-17)13-24(21,22)12-15-9-6-8-14-7-4-5-10-16(14)15/h4-10H,2-3,11-13H2,1H3. The fraction of sp³-hybridized carbons (Fsp3) is 0.333. The van der Waals surface area contributed by atoms with Gasteiger partial charge in [-0.1, -0.05) is 61.0 Å². The summed E-state index contributed by atoms with van der Waals surface area (Å²) in [4.78, 5) is 4.18. The summed E-state index contributed by atoms with van der Waals surface area (Å²) in [6.45, 7) is 2.08. The molecule has 0 N–H and O–H groups in total. The van der Waals surface area contributed by atoms with Gasteiger partial charge in [0.1, 0.15) is 5.75 Å². The first-order chi connectivity index (χ1) is 11.6. The Bertz CT molecular complexity index is 927. The van der Waals surface area contributed by atoms with Gasteiger partial charge in [-0.15, -0.1) is 0 Å². The second kappa shape index (κ2) is 7.13. The highest BCUT2D eigenvalue weighted by atomic mass is 32.2. The SMILES string of the molecule is CCCCc1noc(CS(=O)(=O)Cc2cccc3ccccc23)n1. The molecule has 2 aromatic carbocycles. The third-order valence-electron chi connectivity index (χ3n) is 3.86. The summed E-state index contributed by atoms with van der Waals surface area (Å²) in [6, 6.07) is 13.5. The second-order valence-corrected chi connectivity index (χ2v) is 7.94. The fourth-order valence-corrected chi connectivity index (χ4v) is 4.00. The highest BCUT2D eigenvalue weighted by Gasteiger charge is 2.19. The Morgan fingerprint density at radius 2 is 1.83 bits per heavy atom. The van der Waals surface area contributed by atoms with Gasteiger partial charge in [0.05, 0.1) is 5.75 Å². The lowest BCUT2D eigenvalue weighted by atomic mass is 10.1. The van der Waals surface area contributed by atoms with Gasteiger partial charge in [0.2, 0.25) is 5.89 Å². The van der Waals surface area contributed by atoms with Crippen molar-refractivity contribution in [3.05, 3.63) is 59.7 Å². The van der Waals surface area contributed by atoms with Gasteiger partial charge in [0.15, 0.2) is 15.7 Å². The third-order valence-corrected chi connectivity index (χ3v) is 5.30. The summed E-state index contributed by atoms with van der Waals surface area (Å²) in [5.74, 6) is 0.477. The van der Waals surface area contributed by atoms with Gasteiger partial charge in [0, 0.05) is 6.42 Å². The molecule has 0 radical (unpaired) electrons. The molecule has 5 nitrogen and oxygen atoms in total. The van der Waals surface area contributed by atoms with Crippen LogP contribution < -0.4 is 0 Å². The highest BCUT2D eigenvalue weighted by molar-refractivity contribution is 7.89. The number of fused-ring (bicyclic) bond motifs is 1. The van der Waals surface area contributed by atoms with E-state index in [9.17, 15) is 8.42 Å². The van der Waals surface area contributed by atoms with Crippen molar-refractivity contribution >= 4 is 20.6 Å². The molecule has 0 saturated heterocycles. The number of hydrogen-bond donors (Lipinski definition) is 0. The van der Waals surface area contributed by atoms with Crippen molar-refractivity contribution in [2.75, 3.05) is 0 Å². The molecule has 24 heavy (non-hydrogen) atoms. The van der Waals surface area contributed by atoms with E-state index in [2.05, 4.69) is 17.1 Å². The van der Waals surface area contributed by atoms with E-state index >= 15 is 0 Å². The zero-order valence-electron chi connectivity index (χ0n) is 13.6. The molecular weight excluding hydrogens is 324 g/mol. The van der Waals surface area contributed by atoms with Crippen molar-refractivity contribution in [2.24, 2.45) is 0 Å². The largest absolute Gasteiger partial charge is 0.338 e. The Morgan fingerprint density at radius 3 is 2.67 bits per heavy atom. The minimum Gasteiger partial charge on any atom is -0.338 e. The molecule has 0 aliphatic carbocycles. The normalized spacial score (nSPS) is 11.9. The van der Waals surface area contributed by atoms with Crippen LogP contribution in [0.1, 0.15) is 37.0 Å². The van der Waals surface area contributed by atoms with Crippen LogP contribution in [0.3, 0.4) is 0 Å². The number of nitrogens with zero attached hydrogens (tertiary/aromatic N) is 2. The fourth-order valence-electron chi connectivity index (χ4n) is 2.68. The van der Waals surface area contributed by atoms with Gasteiger partial charge in [-0.25, -0.2) is 8.42 Å². The van der Waals surface area contributed by atoms with E-state index in [4.69, 9.17) is 4.52 Å². The quantitative estimate of drug-likeness (QED) is 0.654. The molecule has 1 heterocycles. The molecule has 3 aromatic rings. The molecule has 0 unspecified atom stereocenters. The number of benzene rings is 2. The highest BCUT2D eigenvalue weighted by Crippen LogP contribution is 2.21. The topological polar surface area (TPSA) is 73.1 Å². The van der Waals surface area contributed by atoms with Crippen LogP contribution in [-0.2, 0) is 27.8 Å². The molecule has 0 bridgehead atoms. The average molecular weight is 344 g/mol. The Hall–Kier alpha value is -2.21. The lowest BCUT2D eigenvalue weighted by Gasteiger charge is -2.06. The number of hydrogen-bond acceptors (Lipinski definition) is 5. The predicted molar refractivity (Wildman–Crippen MR) is 93.2 cm³/mol. The molecule has 1 aromatic heterocycles. The first kappa shape index (κ1) is 16.6. The van der Waals surface area contributed by atoms with E-state index in [0.717, 1.165) is 29.2 Å². The average Bonchev–Trinajstić information content (AvgIpc) is 2.99. The number of aromatic nitrogens is 2. The van der Waals surface area contributed by atoms with Gasteiger partial charge in [-0.05, 0) is 22.8 Å². The monoisotopic (exact) mass is 344 g/mol. The summed E-state index contributed by atoms with van der Waals surface area (Å²) in [7, 11) is -3.38. The molecular formula is C18H20N2O3S. The molecule has 6 heteroatoms. The van der Waals surface area contributed by atoms with Crippen LogP contribution >= 0.6 is 0 Å². The Labute approximate surface area is 141 Å². The van der Waals surface area contributed by atoms with Crippen molar-refractivity contribution in [1.29, 1.82) is 0 Å². The molecule has 0 aliphatic heterocycles. The zero-order chi connectivity index (χ0) is 17.0. The summed E-state index contributed by atoms with van der Waals surface area (Å²) >= 11 is 0. The Morgan fingerprint density at radius 1 is 1.04 bits per heavy atom. The second-order valence-electron chi connectivity index (χ2n) is 5.88. The zero-order valence-corrected chi connectivity index (χ0v) is 14.4. The summed E-state index contributed by atoms with van der Waals surface area (Å²) < 4.78 is 30.1. The van der Waals surface area contributed by atoms with Crippen LogP contribution in [0.15, 0.2) is 47.0 Å². The van der Waals surface area contributed by atoms with Crippen molar-refractivity contribution in [3.8, 4) is 0 Å². The van der Waals surface area contributed by atoms with Crippen LogP contribution in [0.25, 0.3) is 10.8 Å². The minimum absolute atomic E-state index is 0.0406. The van der Waals surface area contributed by atoms with Crippen LogP contribution in [0.4, 0.5) is 0 Å². The maximum atomic E-state index is 12.5. The molecule has 0 spiro atoms. The van der Waals surface area contributed by atoms with E-state index in [-0.39, 0.29) is 17.4 Å². The number of aryl methyl sites for hydroxylation is 1. The van der Waals surface area contributed by atoms with Crippen LogP contribution in [0.5, 0.6) is 0 Å². The predicted octanol–water partition coefficient (Wildman–Crippen LogP) is 3.68. The molecule has 0 fully saturated rings. The molecule has 0 aliphatic rings. The van der Waals surface area contributed by atoms with E-state index in [1.54, 1.807) is 0 Å². The molecule has 0 saturated carbocycles. The summed E-state index contributed by atoms with van der Waals surface area (Å²) in [5.41, 5.74) is 0.791. The maximum absolute atomic E-state index is 12.5. The number of unbranched alkanes of at least 4 members (excludes halogenated alkanes) is 1. The molecule has 0 atom stereocenters. The molecule has 126 valence electrons. The van der Waals surface area contributed by atoms with Gasteiger partial charge in [-0.3, -0.25) is 0 Å². The van der Waals surface area contributed by atoms with Crippen molar-refractivity contribution < 1.29 is 12.9 Å². The van der Waals surface area contributed by atoms with Gasteiger partial charge in [-0.2, -0.15) is 4.98 Å². The van der Waals surface area contributed by atoms with Crippen LogP contribution in [0.2, 0.25) is 0 Å². The molecule has 3 rings (SSSR count). The van der Waals surface area contributed by atoms with Gasteiger partial charge in [0.25, 0.3) is 0 Å². The molecule has 0 amide bonds. The number of rotatable bonds is 7. The first-order valence-electron chi connectivity index (χ1n) is 8.06.